The van der Waals surface area contributed by atoms with E-state index in [0.29, 0.717) is 6.04 Å². The summed E-state index contributed by atoms with van der Waals surface area (Å²) in [6, 6.07) is 0.705. The Morgan fingerprint density at radius 2 is 2.00 bits per heavy atom. The first kappa shape index (κ1) is 8.79. The van der Waals surface area contributed by atoms with Gasteiger partial charge in [0.2, 0.25) is 0 Å². The van der Waals surface area contributed by atoms with Crippen molar-refractivity contribution in [1.82, 2.24) is 9.78 Å². The standard InChI is InChI=1S/C11H18N2/c1-8-10(11(2,3)4)7-12-13(8)9-5-6-9/h7,9H,5-6H2,1-4H3. The Bertz CT molecular complexity index is 313. The van der Waals surface area contributed by atoms with E-state index in [0.717, 1.165) is 0 Å². The van der Waals surface area contributed by atoms with Crippen molar-refractivity contribution in [3.63, 3.8) is 0 Å². The maximum absolute atomic E-state index is 4.46. The molecule has 0 atom stereocenters. The van der Waals surface area contributed by atoms with Gasteiger partial charge in [-0.3, -0.25) is 4.68 Å². The molecule has 1 aliphatic rings. The Morgan fingerprint density at radius 3 is 2.38 bits per heavy atom. The Balaban J connectivity index is 2.38. The molecule has 1 heterocycles. The summed E-state index contributed by atoms with van der Waals surface area (Å²) in [5.41, 5.74) is 2.98. The third-order valence-electron chi connectivity index (χ3n) is 2.75. The largest absolute Gasteiger partial charge is 0.267 e. The molecule has 0 unspecified atom stereocenters. The normalized spacial score (nSPS) is 17.8. The van der Waals surface area contributed by atoms with Crippen molar-refractivity contribution < 1.29 is 0 Å². The molecule has 1 saturated carbocycles. The summed E-state index contributed by atoms with van der Waals surface area (Å²) >= 11 is 0. The van der Waals surface area contributed by atoms with E-state index < -0.39 is 0 Å². The lowest BCUT2D eigenvalue weighted by Crippen LogP contribution is -2.12. The van der Waals surface area contributed by atoms with Crippen LogP contribution in [0.2, 0.25) is 0 Å². The molecule has 0 N–H and O–H groups in total. The van der Waals surface area contributed by atoms with Crippen LogP contribution >= 0.6 is 0 Å². The van der Waals surface area contributed by atoms with Gasteiger partial charge in [-0.05, 0) is 30.7 Å². The third-order valence-corrected chi connectivity index (χ3v) is 2.75. The van der Waals surface area contributed by atoms with Gasteiger partial charge in [0.05, 0.1) is 12.2 Å². The van der Waals surface area contributed by atoms with Crippen LogP contribution in [0.25, 0.3) is 0 Å². The molecule has 2 nitrogen and oxygen atoms in total. The molecule has 1 aromatic rings. The number of aromatic nitrogens is 2. The molecule has 2 rings (SSSR count). The van der Waals surface area contributed by atoms with Crippen LogP contribution in [-0.2, 0) is 5.41 Å². The van der Waals surface area contributed by atoms with Crippen LogP contribution in [0.15, 0.2) is 6.20 Å². The van der Waals surface area contributed by atoms with Crippen molar-refractivity contribution in [1.29, 1.82) is 0 Å². The average Bonchev–Trinajstić information content (AvgIpc) is 2.73. The van der Waals surface area contributed by atoms with Crippen molar-refractivity contribution in [2.75, 3.05) is 0 Å². The minimum absolute atomic E-state index is 0.233. The van der Waals surface area contributed by atoms with Crippen LogP contribution in [0.4, 0.5) is 0 Å². The molecular weight excluding hydrogens is 160 g/mol. The Labute approximate surface area is 80.0 Å². The lowest BCUT2D eigenvalue weighted by Gasteiger charge is -2.17. The number of rotatable bonds is 1. The first-order valence-corrected chi connectivity index (χ1v) is 5.05. The van der Waals surface area contributed by atoms with Gasteiger partial charge in [0.25, 0.3) is 0 Å². The fourth-order valence-electron chi connectivity index (χ4n) is 1.85. The van der Waals surface area contributed by atoms with Crippen LogP contribution in [-0.4, -0.2) is 9.78 Å². The predicted octanol–water partition coefficient (Wildman–Crippen LogP) is 2.82. The molecule has 1 aliphatic carbocycles. The van der Waals surface area contributed by atoms with Crippen molar-refractivity contribution >= 4 is 0 Å². The van der Waals surface area contributed by atoms with E-state index in [1.165, 1.54) is 24.1 Å². The van der Waals surface area contributed by atoms with Crippen LogP contribution in [0.5, 0.6) is 0 Å². The molecule has 0 radical (unpaired) electrons. The number of hydrogen-bond acceptors (Lipinski definition) is 1. The fraction of sp³-hybridized carbons (Fsp3) is 0.727. The molecule has 0 aliphatic heterocycles. The van der Waals surface area contributed by atoms with Crippen molar-refractivity contribution in [3.05, 3.63) is 17.5 Å². The summed E-state index contributed by atoms with van der Waals surface area (Å²) in [7, 11) is 0. The zero-order chi connectivity index (χ0) is 9.64. The number of hydrogen-bond donors (Lipinski definition) is 0. The summed E-state index contributed by atoms with van der Waals surface area (Å²) in [6.45, 7) is 8.92. The quantitative estimate of drug-likeness (QED) is 0.646. The number of nitrogens with zero attached hydrogens (tertiary/aromatic N) is 2. The van der Waals surface area contributed by atoms with Gasteiger partial charge in [-0.1, -0.05) is 20.8 Å². The summed E-state index contributed by atoms with van der Waals surface area (Å²) in [4.78, 5) is 0. The highest BCUT2D eigenvalue weighted by Crippen LogP contribution is 2.37. The van der Waals surface area contributed by atoms with E-state index in [1.807, 2.05) is 6.20 Å². The lowest BCUT2D eigenvalue weighted by molar-refractivity contribution is 0.574. The smallest absolute Gasteiger partial charge is 0.0530 e. The molecule has 0 aromatic carbocycles. The highest BCUT2D eigenvalue weighted by molar-refractivity contribution is 5.25. The monoisotopic (exact) mass is 178 g/mol. The lowest BCUT2D eigenvalue weighted by atomic mass is 9.87. The van der Waals surface area contributed by atoms with Gasteiger partial charge in [-0.25, -0.2) is 0 Å². The van der Waals surface area contributed by atoms with E-state index in [9.17, 15) is 0 Å². The zero-order valence-corrected chi connectivity index (χ0v) is 8.96. The van der Waals surface area contributed by atoms with E-state index in [-0.39, 0.29) is 5.41 Å². The average molecular weight is 178 g/mol. The highest BCUT2D eigenvalue weighted by Gasteiger charge is 2.28. The van der Waals surface area contributed by atoms with Crippen LogP contribution in [0, 0.1) is 6.92 Å². The maximum Gasteiger partial charge on any atom is 0.0530 e. The second-order valence-corrected chi connectivity index (χ2v) is 5.07. The Kier molecular flexibility index (Phi) is 1.76. The van der Waals surface area contributed by atoms with Gasteiger partial charge in [-0.15, -0.1) is 0 Å². The SMILES string of the molecule is Cc1c(C(C)(C)C)cnn1C1CC1. The first-order valence-electron chi connectivity index (χ1n) is 5.05. The van der Waals surface area contributed by atoms with Crippen molar-refractivity contribution in [2.45, 2.75) is 52.0 Å². The second-order valence-electron chi connectivity index (χ2n) is 5.07. The molecule has 0 saturated heterocycles. The van der Waals surface area contributed by atoms with Gasteiger partial charge in [-0.2, -0.15) is 5.10 Å². The highest BCUT2D eigenvalue weighted by atomic mass is 15.3. The molecule has 72 valence electrons. The van der Waals surface area contributed by atoms with Crippen LogP contribution < -0.4 is 0 Å². The van der Waals surface area contributed by atoms with E-state index >= 15 is 0 Å². The first-order chi connectivity index (χ1) is 6.00. The van der Waals surface area contributed by atoms with Gasteiger partial charge in [0.15, 0.2) is 0 Å². The van der Waals surface area contributed by atoms with Gasteiger partial charge in [0, 0.05) is 5.69 Å². The topological polar surface area (TPSA) is 17.8 Å². The van der Waals surface area contributed by atoms with Crippen LogP contribution in [0.3, 0.4) is 0 Å². The molecule has 0 bridgehead atoms. The maximum atomic E-state index is 4.46. The zero-order valence-electron chi connectivity index (χ0n) is 8.96. The Morgan fingerprint density at radius 1 is 1.38 bits per heavy atom. The molecule has 1 fully saturated rings. The molecule has 0 spiro atoms. The minimum atomic E-state index is 0.233. The van der Waals surface area contributed by atoms with Crippen molar-refractivity contribution in [3.8, 4) is 0 Å². The van der Waals surface area contributed by atoms with Gasteiger partial charge in [0.1, 0.15) is 0 Å². The summed E-state index contributed by atoms with van der Waals surface area (Å²) in [5.74, 6) is 0. The minimum Gasteiger partial charge on any atom is -0.267 e. The van der Waals surface area contributed by atoms with Crippen LogP contribution in [0.1, 0.15) is 50.9 Å². The molecule has 1 aromatic heterocycles. The molecule has 13 heavy (non-hydrogen) atoms. The van der Waals surface area contributed by atoms with Crippen molar-refractivity contribution in [2.24, 2.45) is 0 Å². The summed E-state index contributed by atoms with van der Waals surface area (Å²) < 4.78 is 2.20. The van der Waals surface area contributed by atoms with E-state index in [1.54, 1.807) is 0 Å². The molecule has 0 amide bonds. The third kappa shape index (κ3) is 1.50. The fourth-order valence-corrected chi connectivity index (χ4v) is 1.85. The van der Waals surface area contributed by atoms with Gasteiger partial charge < -0.3 is 0 Å². The summed E-state index contributed by atoms with van der Waals surface area (Å²) in [5, 5.41) is 4.46. The van der Waals surface area contributed by atoms with E-state index in [2.05, 4.69) is 37.5 Å². The molecular formula is C11H18N2. The van der Waals surface area contributed by atoms with E-state index in [4.69, 9.17) is 0 Å². The summed E-state index contributed by atoms with van der Waals surface area (Å²) in [6.07, 6.45) is 4.66. The molecule has 2 heteroatoms. The second kappa shape index (κ2) is 2.60. The Hall–Kier alpha value is -0.790. The predicted molar refractivity (Wildman–Crippen MR) is 53.9 cm³/mol. The van der Waals surface area contributed by atoms with Gasteiger partial charge >= 0.3 is 0 Å².